The molecule has 6 nitrogen and oxygen atoms in total. The van der Waals surface area contributed by atoms with Crippen LogP contribution in [0.5, 0.6) is 0 Å². The molecular weight excluding hydrogens is 314 g/mol. The number of aryl methyl sites for hydroxylation is 1. The van der Waals surface area contributed by atoms with Gasteiger partial charge in [0, 0.05) is 11.8 Å². The average molecular weight is 331 g/mol. The minimum absolute atomic E-state index is 0.313. The highest BCUT2D eigenvalue weighted by Gasteiger charge is 2.15. The summed E-state index contributed by atoms with van der Waals surface area (Å²) in [5, 5.41) is 7.30. The van der Waals surface area contributed by atoms with Crippen molar-refractivity contribution in [3.8, 4) is 0 Å². The third-order valence-electron chi connectivity index (χ3n) is 2.82. The van der Waals surface area contributed by atoms with Gasteiger partial charge in [0.05, 0.1) is 12.8 Å². The average Bonchev–Trinajstić information content (AvgIpc) is 2.89. The molecule has 0 unspecified atom stereocenters. The Hall–Kier alpha value is -2.67. The zero-order chi connectivity index (χ0) is 16.7. The van der Waals surface area contributed by atoms with Crippen molar-refractivity contribution in [3.63, 3.8) is 0 Å². The molecule has 0 amide bonds. The summed E-state index contributed by atoms with van der Waals surface area (Å²) in [4.78, 5) is 11.7. The summed E-state index contributed by atoms with van der Waals surface area (Å²) in [7, 11) is 0. The number of nitrogens with one attached hydrogen (secondary N) is 2. The van der Waals surface area contributed by atoms with E-state index < -0.39 is 5.97 Å². The molecule has 2 aromatic rings. The lowest BCUT2D eigenvalue weighted by molar-refractivity contribution is 0.0524. The maximum absolute atomic E-state index is 11.7. The van der Waals surface area contributed by atoms with Crippen LogP contribution in [0.3, 0.4) is 0 Å². The minimum Gasteiger partial charge on any atom is -0.462 e. The lowest BCUT2D eigenvalue weighted by Crippen LogP contribution is -2.23. The van der Waals surface area contributed by atoms with Crippen LogP contribution in [0.2, 0.25) is 0 Å². The minimum atomic E-state index is -0.414. The number of hydrogen-bond acceptors (Lipinski definition) is 5. The van der Waals surface area contributed by atoms with E-state index >= 15 is 0 Å². The zero-order valence-electron chi connectivity index (χ0n) is 12.8. The largest absolute Gasteiger partial charge is 0.462 e. The maximum Gasteiger partial charge on any atom is 0.341 e. The second kappa shape index (κ2) is 8.09. The lowest BCUT2D eigenvalue weighted by Gasteiger charge is -2.05. The summed E-state index contributed by atoms with van der Waals surface area (Å²) in [6.45, 7) is 3.76. The van der Waals surface area contributed by atoms with Gasteiger partial charge < -0.3 is 14.5 Å². The predicted molar refractivity (Wildman–Crippen MR) is 92.8 cm³/mol. The zero-order valence-corrected chi connectivity index (χ0v) is 13.6. The van der Waals surface area contributed by atoms with E-state index in [0.717, 1.165) is 5.69 Å². The Morgan fingerprint density at radius 3 is 2.83 bits per heavy atom. The molecule has 0 saturated carbocycles. The van der Waals surface area contributed by atoms with E-state index in [0.29, 0.717) is 28.8 Å². The molecule has 1 heterocycles. The summed E-state index contributed by atoms with van der Waals surface area (Å²) in [5.74, 6) is 0.498. The van der Waals surface area contributed by atoms with Crippen molar-refractivity contribution in [1.29, 1.82) is 0 Å². The van der Waals surface area contributed by atoms with Crippen LogP contribution >= 0.6 is 12.2 Å². The molecule has 0 fully saturated rings. The van der Waals surface area contributed by atoms with Crippen molar-refractivity contribution in [2.75, 3.05) is 11.9 Å². The van der Waals surface area contributed by atoms with Gasteiger partial charge in [0.15, 0.2) is 5.11 Å². The van der Waals surface area contributed by atoms with E-state index in [-0.39, 0.29) is 0 Å². The van der Waals surface area contributed by atoms with Gasteiger partial charge in [-0.05, 0) is 38.2 Å². The highest BCUT2D eigenvalue weighted by atomic mass is 32.1. The number of carbonyl (C=O) groups is 1. The van der Waals surface area contributed by atoms with Crippen molar-refractivity contribution >= 4 is 35.2 Å². The van der Waals surface area contributed by atoms with E-state index in [1.807, 2.05) is 30.3 Å². The molecule has 0 spiro atoms. The van der Waals surface area contributed by atoms with Gasteiger partial charge in [-0.25, -0.2) is 4.79 Å². The van der Waals surface area contributed by atoms with Crippen molar-refractivity contribution in [2.24, 2.45) is 5.10 Å². The van der Waals surface area contributed by atoms with E-state index in [9.17, 15) is 4.79 Å². The fraction of sp³-hybridized carbons (Fsp3) is 0.188. The number of ether oxygens (including phenoxy) is 1. The second-order valence-corrected chi connectivity index (χ2v) is 4.94. The summed E-state index contributed by atoms with van der Waals surface area (Å²) < 4.78 is 10.4. The van der Waals surface area contributed by atoms with E-state index in [1.54, 1.807) is 19.9 Å². The number of thiocarbonyl (C=S) groups is 1. The number of hydrogen-bond donors (Lipinski definition) is 2. The van der Waals surface area contributed by atoms with Gasteiger partial charge in [-0.1, -0.05) is 18.2 Å². The monoisotopic (exact) mass is 331 g/mol. The first-order valence-corrected chi connectivity index (χ1v) is 7.43. The molecule has 0 radical (unpaired) electrons. The Bertz CT molecular complexity index is 711. The molecule has 1 aromatic carbocycles. The van der Waals surface area contributed by atoms with Gasteiger partial charge in [-0.15, -0.1) is 0 Å². The van der Waals surface area contributed by atoms with Gasteiger partial charge >= 0.3 is 5.97 Å². The van der Waals surface area contributed by atoms with Crippen LogP contribution in [-0.4, -0.2) is 23.9 Å². The highest BCUT2D eigenvalue weighted by molar-refractivity contribution is 7.80. The van der Waals surface area contributed by atoms with Gasteiger partial charge in [0.25, 0.3) is 0 Å². The van der Waals surface area contributed by atoms with Crippen molar-refractivity contribution in [3.05, 3.63) is 53.5 Å². The Balaban J connectivity index is 1.92. The standard InChI is InChI=1S/C16H17N3O3S/c1-3-21-15(20)14-9-13(22-11(14)2)10-17-19-16(23)18-12-7-5-4-6-8-12/h4-10H,3H2,1-2H3,(H2,18,19,23)/b17-10+. The smallest absolute Gasteiger partial charge is 0.341 e. The summed E-state index contributed by atoms with van der Waals surface area (Å²) in [6.07, 6.45) is 1.44. The van der Waals surface area contributed by atoms with Gasteiger partial charge in [-0.3, -0.25) is 5.43 Å². The number of carbonyl (C=O) groups excluding carboxylic acids is 1. The first-order chi connectivity index (χ1) is 11.1. The van der Waals surface area contributed by atoms with Crippen molar-refractivity contribution in [1.82, 2.24) is 5.43 Å². The van der Waals surface area contributed by atoms with E-state index in [1.165, 1.54) is 6.21 Å². The molecule has 2 N–H and O–H groups in total. The quantitative estimate of drug-likeness (QED) is 0.379. The number of hydrazone groups is 1. The van der Waals surface area contributed by atoms with Crippen LogP contribution in [0.1, 0.15) is 28.8 Å². The molecule has 7 heteroatoms. The molecule has 0 bridgehead atoms. The number of anilines is 1. The van der Waals surface area contributed by atoms with E-state index in [4.69, 9.17) is 21.4 Å². The molecule has 23 heavy (non-hydrogen) atoms. The van der Waals surface area contributed by atoms with Crippen molar-refractivity contribution in [2.45, 2.75) is 13.8 Å². The normalized spacial score (nSPS) is 10.5. The van der Waals surface area contributed by atoms with Gasteiger partial charge in [0.2, 0.25) is 0 Å². The number of nitrogens with zero attached hydrogens (tertiary/aromatic N) is 1. The molecule has 0 saturated heterocycles. The highest BCUT2D eigenvalue weighted by Crippen LogP contribution is 2.14. The fourth-order valence-corrected chi connectivity index (χ4v) is 1.99. The molecule has 2 rings (SSSR count). The summed E-state index contributed by atoms with van der Waals surface area (Å²) in [6, 6.07) is 11.1. The van der Waals surface area contributed by atoms with Gasteiger partial charge in [0.1, 0.15) is 17.1 Å². The Kier molecular flexibility index (Phi) is 5.87. The third-order valence-corrected chi connectivity index (χ3v) is 3.02. The molecule has 0 aliphatic carbocycles. The van der Waals surface area contributed by atoms with E-state index in [2.05, 4.69) is 15.8 Å². The Labute approximate surface area is 139 Å². The first kappa shape index (κ1) is 16.7. The Morgan fingerprint density at radius 2 is 2.13 bits per heavy atom. The van der Waals surface area contributed by atoms with Crippen LogP contribution in [0.4, 0.5) is 5.69 Å². The maximum atomic E-state index is 11.7. The Morgan fingerprint density at radius 1 is 1.39 bits per heavy atom. The molecule has 0 aliphatic rings. The number of furan rings is 1. The SMILES string of the molecule is CCOC(=O)c1cc(/C=N/NC(=S)Nc2ccccc2)oc1C. The van der Waals surface area contributed by atoms with Crippen LogP contribution in [0.15, 0.2) is 45.9 Å². The number of esters is 1. The first-order valence-electron chi connectivity index (χ1n) is 7.02. The van der Waals surface area contributed by atoms with Gasteiger partial charge in [-0.2, -0.15) is 5.10 Å². The van der Waals surface area contributed by atoms with Crippen LogP contribution < -0.4 is 10.7 Å². The number of rotatable bonds is 5. The van der Waals surface area contributed by atoms with Crippen LogP contribution in [0.25, 0.3) is 0 Å². The van der Waals surface area contributed by atoms with Crippen molar-refractivity contribution < 1.29 is 13.9 Å². The summed E-state index contributed by atoms with van der Waals surface area (Å²) in [5.41, 5.74) is 3.92. The van der Waals surface area contributed by atoms with Crippen LogP contribution in [-0.2, 0) is 4.74 Å². The lowest BCUT2D eigenvalue weighted by atomic mass is 10.2. The summed E-state index contributed by atoms with van der Waals surface area (Å²) >= 11 is 5.12. The number of para-hydroxylation sites is 1. The molecule has 0 atom stereocenters. The topological polar surface area (TPSA) is 75.9 Å². The molecule has 0 aliphatic heterocycles. The third kappa shape index (κ3) is 4.93. The number of benzene rings is 1. The second-order valence-electron chi connectivity index (χ2n) is 4.53. The molecular formula is C16H17N3O3S. The molecule has 120 valence electrons. The predicted octanol–water partition coefficient (Wildman–Crippen LogP) is 3.09. The fourth-order valence-electron chi connectivity index (χ4n) is 1.82. The van der Waals surface area contributed by atoms with Crippen LogP contribution in [0, 0.1) is 6.92 Å². The molecule has 1 aromatic heterocycles.